The summed E-state index contributed by atoms with van der Waals surface area (Å²) >= 11 is 0. The van der Waals surface area contributed by atoms with E-state index in [0.29, 0.717) is 57.7 Å². The molecular formula is C27H32N2O6. The Morgan fingerprint density at radius 3 is 2.63 bits per heavy atom. The monoisotopic (exact) mass is 480 g/mol. The number of aromatic nitrogens is 1. The highest BCUT2D eigenvalue weighted by atomic mass is 16.6. The van der Waals surface area contributed by atoms with Gasteiger partial charge >= 0.3 is 12.1 Å². The predicted octanol–water partition coefficient (Wildman–Crippen LogP) is 5.22. The maximum absolute atomic E-state index is 12.4. The molecule has 2 aromatic carbocycles. The second-order valence-electron chi connectivity index (χ2n) is 8.86. The molecule has 1 amide bonds. The van der Waals surface area contributed by atoms with Gasteiger partial charge in [-0.1, -0.05) is 37.3 Å². The molecule has 1 aromatic heterocycles. The number of ether oxygens (including phenoxy) is 2. The number of carbonyl (C=O) groups excluding carboxylic acids is 1. The van der Waals surface area contributed by atoms with Gasteiger partial charge in [0.25, 0.3) is 0 Å². The fourth-order valence-electron chi connectivity index (χ4n) is 4.33. The van der Waals surface area contributed by atoms with E-state index in [9.17, 15) is 9.59 Å². The number of benzene rings is 2. The first-order valence-electron chi connectivity index (χ1n) is 12.2. The Kier molecular flexibility index (Phi) is 8.02. The van der Waals surface area contributed by atoms with Crippen molar-refractivity contribution in [3.63, 3.8) is 0 Å². The number of amides is 1. The Balaban J connectivity index is 1.22. The van der Waals surface area contributed by atoms with E-state index in [1.807, 2.05) is 25.1 Å². The lowest BCUT2D eigenvalue weighted by molar-refractivity contribution is -0.156. The van der Waals surface area contributed by atoms with E-state index in [1.54, 1.807) is 11.8 Å². The first-order chi connectivity index (χ1) is 16.9. The van der Waals surface area contributed by atoms with Crippen LogP contribution < -0.4 is 0 Å². The largest absolute Gasteiger partial charge is 0.479 e. The van der Waals surface area contributed by atoms with Crippen molar-refractivity contribution in [2.75, 3.05) is 19.7 Å². The molecule has 35 heavy (non-hydrogen) atoms. The third kappa shape index (κ3) is 6.19. The van der Waals surface area contributed by atoms with Crippen molar-refractivity contribution < 1.29 is 28.6 Å². The van der Waals surface area contributed by atoms with Gasteiger partial charge in [0.15, 0.2) is 6.10 Å². The minimum atomic E-state index is -0.943. The second-order valence-corrected chi connectivity index (χ2v) is 8.86. The van der Waals surface area contributed by atoms with Crippen molar-refractivity contribution in [3.8, 4) is 11.5 Å². The van der Waals surface area contributed by atoms with Crippen molar-refractivity contribution in [2.45, 2.75) is 58.2 Å². The van der Waals surface area contributed by atoms with E-state index >= 15 is 0 Å². The lowest BCUT2D eigenvalue weighted by Gasteiger charge is -2.32. The van der Waals surface area contributed by atoms with Crippen LogP contribution in [0.2, 0.25) is 0 Å². The summed E-state index contributed by atoms with van der Waals surface area (Å²) in [4.78, 5) is 29.9. The molecule has 3 aromatic rings. The van der Waals surface area contributed by atoms with Gasteiger partial charge in [-0.2, -0.15) is 0 Å². The van der Waals surface area contributed by atoms with Crippen LogP contribution in [0.1, 0.15) is 44.1 Å². The fraction of sp³-hybridized carbons (Fsp3) is 0.444. The second kappa shape index (κ2) is 11.4. The Morgan fingerprint density at radius 2 is 1.91 bits per heavy atom. The van der Waals surface area contributed by atoms with Crippen LogP contribution in [-0.4, -0.2) is 59.0 Å². The standard InChI is InChI=1S/C27H32N2O6/c1-3-24(26(30)31)35-22-12-14-29(15-13-22)27(32)33-16-6-9-23-18(2)34-25(28-23)21-11-10-19-7-4-5-8-20(19)17-21/h4-5,7-8,10-11,17,22,24H,3,6,9,12-16H2,1-2H3,(H,30,31). The van der Waals surface area contributed by atoms with Crippen molar-refractivity contribution in [2.24, 2.45) is 0 Å². The zero-order valence-electron chi connectivity index (χ0n) is 20.2. The highest BCUT2D eigenvalue weighted by Gasteiger charge is 2.28. The average molecular weight is 481 g/mol. The first-order valence-corrected chi connectivity index (χ1v) is 12.2. The molecule has 1 saturated heterocycles. The number of carboxylic acid groups (broad SMARTS) is 1. The smallest absolute Gasteiger partial charge is 0.409 e. The van der Waals surface area contributed by atoms with Crippen LogP contribution in [-0.2, 0) is 20.7 Å². The van der Waals surface area contributed by atoms with Crippen molar-refractivity contribution >= 4 is 22.8 Å². The van der Waals surface area contributed by atoms with Crippen LogP contribution in [0.3, 0.4) is 0 Å². The van der Waals surface area contributed by atoms with E-state index in [4.69, 9.17) is 19.0 Å². The lowest BCUT2D eigenvalue weighted by Crippen LogP contribution is -2.43. The van der Waals surface area contributed by atoms with Gasteiger partial charge in [0.05, 0.1) is 18.4 Å². The number of rotatable bonds is 9. The van der Waals surface area contributed by atoms with Crippen molar-refractivity contribution in [1.29, 1.82) is 0 Å². The minimum Gasteiger partial charge on any atom is -0.479 e. The Morgan fingerprint density at radius 1 is 1.17 bits per heavy atom. The summed E-state index contributed by atoms with van der Waals surface area (Å²) in [5.74, 6) is 0.424. The Bertz CT molecular complexity index is 1170. The number of oxazole rings is 1. The maximum atomic E-state index is 12.4. The third-order valence-electron chi connectivity index (χ3n) is 6.38. The lowest BCUT2D eigenvalue weighted by atomic mass is 10.1. The number of nitrogens with zero attached hydrogens (tertiary/aromatic N) is 2. The summed E-state index contributed by atoms with van der Waals surface area (Å²) in [6.07, 6.45) is 1.65. The fourth-order valence-corrected chi connectivity index (χ4v) is 4.33. The molecule has 4 rings (SSSR count). The van der Waals surface area contributed by atoms with Gasteiger partial charge in [-0.15, -0.1) is 0 Å². The normalized spacial score (nSPS) is 15.3. The number of piperidine rings is 1. The van der Waals surface area contributed by atoms with Crippen molar-refractivity contribution in [1.82, 2.24) is 9.88 Å². The molecule has 0 bridgehead atoms. The van der Waals surface area contributed by atoms with Crippen LogP contribution in [0.4, 0.5) is 4.79 Å². The average Bonchev–Trinajstić information content (AvgIpc) is 3.25. The van der Waals surface area contributed by atoms with E-state index < -0.39 is 12.1 Å². The van der Waals surface area contributed by atoms with E-state index in [2.05, 4.69) is 29.2 Å². The third-order valence-corrected chi connectivity index (χ3v) is 6.38. The number of aliphatic carboxylic acids is 1. The molecule has 1 aliphatic rings. The van der Waals surface area contributed by atoms with Gasteiger partial charge in [-0.05, 0) is 61.9 Å². The molecule has 1 fully saturated rings. The number of fused-ring (bicyclic) bond motifs is 1. The number of hydrogen-bond donors (Lipinski definition) is 1. The van der Waals surface area contributed by atoms with E-state index in [1.165, 1.54) is 5.39 Å². The molecule has 2 heterocycles. The zero-order chi connectivity index (χ0) is 24.8. The molecule has 8 heteroatoms. The molecule has 1 unspecified atom stereocenters. The van der Waals surface area contributed by atoms with Gasteiger partial charge in [0.2, 0.25) is 5.89 Å². The summed E-state index contributed by atoms with van der Waals surface area (Å²) in [7, 11) is 0. The summed E-state index contributed by atoms with van der Waals surface area (Å²) in [5, 5.41) is 11.4. The van der Waals surface area contributed by atoms with Crippen molar-refractivity contribution in [3.05, 3.63) is 53.9 Å². The van der Waals surface area contributed by atoms with Gasteiger partial charge in [-0.25, -0.2) is 14.6 Å². The zero-order valence-corrected chi connectivity index (χ0v) is 20.2. The highest BCUT2D eigenvalue weighted by Crippen LogP contribution is 2.26. The molecular weight excluding hydrogens is 448 g/mol. The van der Waals surface area contributed by atoms with Gasteiger partial charge in [0, 0.05) is 18.7 Å². The van der Waals surface area contributed by atoms with E-state index in [-0.39, 0.29) is 12.2 Å². The highest BCUT2D eigenvalue weighted by molar-refractivity contribution is 5.86. The molecule has 0 saturated carbocycles. The summed E-state index contributed by atoms with van der Waals surface area (Å²) in [6.45, 7) is 4.98. The molecule has 0 spiro atoms. The SMILES string of the molecule is CCC(OC1CCN(C(=O)OCCCc2nc(-c3ccc4ccccc4c3)oc2C)CC1)C(=O)O. The van der Waals surface area contributed by atoms with Gasteiger partial charge in [0.1, 0.15) is 5.76 Å². The van der Waals surface area contributed by atoms with Crippen LogP contribution in [0.5, 0.6) is 0 Å². The quantitative estimate of drug-likeness (QED) is 0.419. The van der Waals surface area contributed by atoms with Crippen LogP contribution in [0, 0.1) is 6.92 Å². The summed E-state index contributed by atoms with van der Waals surface area (Å²) < 4.78 is 17.0. The van der Waals surface area contributed by atoms with Gasteiger partial charge < -0.3 is 23.9 Å². The van der Waals surface area contributed by atoms with E-state index in [0.717, 1.165) is 22.4 Å². The van der Waals surface area contributed by atoms with Crippen LogP contribution in [0.25, 0.3) is 22.2 Å². The Labute approximate surface area is 204 Å². The number of likely N-dealkylation sites (tertiary alicyclic amines) is 1. The maximum Gasteiger partial charge on any atom is 0.409 e. The van der Waals surface area contributed by atoms with Gasteiger partial charge in [-0.3, -0.25) is 0 Å². The van der Waals surface area contributed by atoms with Crippen LogP contribution >= 0.6 is 0 Å². The summed E-state index contributed by atoms with van der Waals surface area (Å²) in [6, 6.07) is 14.3. The molecule has 186 valence electrons. The first kappa shape index (κ1) is 24.7. The Hall–Kier alpha value is -3.39. The predicted molar refractivity (Wildman–Crippen MR) is 131 cm³/mol. The number of carbonyl (C=O) groups is 2. The summed E-state index contributed by atoms with van der Waals surface area (Å²) in [5.41, 5.74) is 1.80. The minimum absolute atomic E-state index is 0.146. The topological polar surface area (TPSA) is 102 Å². The molecule has 1 N–H and O–H groups in total. The molecule has 0 aliphatic carbocycles. The molecule has 8 nitrogen and oxygen atoms in total. The van der Waals surface area contributed by atoms with Crippen LogP contribution in [0.15, 0.2) is 46.9 Å². The molecule has 1 aliphatic heterocycles. The number of hydrogen-bond acceptors (Lipinski definition) is 6. The number of aryl methyl sites for hydroxylation is 2. The molecule has 0 radical (unpaired) electrons. The number of carboxylic acids is 1. The molecule has 1 atom stereocenters.